The maximum atomic E-state index is 12.7. The molecule has 1 fully saturated rings. The molecule has 184 valence electrons. The molecule has 3 rings (SSSR count). The molecule has 0 unspecified atom stereocenters. The zero-order valence-corrected chi connectivity index (χ0v) is 20.8. The van der Waals surface area contributed by atoms with Crippen molar-refractivity contribution in [2.45, 2.75) is 53.4 Å². The van der Waals surface area contributed by atoms with E-state index in [-0.39, 0.29) is 23.7 Å². The summed E-state index contributed by atoms with van der Waals surface area (Å²) in [6.07, 6.45) is 2.84. The average molecular weight is 467 g/mol. The first-order valence-corrected chi connectivity index (χ1v) is 12.4. The Balaban J connectivity index is 1.41. The van der Waals surface area contributed by atoms with Gasteiger partial charge in [-0.1, -0.05) is 27.7 Å². The molecule has 2 aromatic rings. The third kappa shape index (κ3) is 8.08. The number of benzene rings is 2. The van der Waals surface area contributed by atoms with Crippen LogP contribution in [-0.2, 0) is 9.59 Å². The van der Waals surface area contributed by atoms with Gasteiger partial charge in [0.1, 0.15) is 11.5 Å². The zero-order chi connectivity index (χ0) is 24.5. The second-order valence-electron chi connectivity index (χ2n) is 9.99. The molecule has 2 N–H and O–H groups in total. The highest BCUT2D eigenvalue weighted by atomic mass is 16.5. The Morgan fingerprint density at radius 2 is 1.00 bits per heavy atom. The van der Waals surface area contributed by atoms with Gasteiger partial charge in [-0.25, -0.2) is 0 Å². The summed E-state index contributed by atoms with van der Waals surface area (Å²) in [6.45, 7) is 9.76. The summed E-state index contributed by atoms with van der Waals surface area (Å²) in [7, 11) is 0. The first-order valence-electron chi connectivity index (χ1n) is 12.4. The number of hydrogen-bond donors (Lipinski definition) is 2. The smallest absolute Gasteiger partial charge is 0.227 e. The van der Waals surface area contributed by atoms with E-state index in [0.717, 1.165) is 22.9 Å². The Bertz CT molecular complexity index is 837. The molecule has 0 aromatic heterocycles. The quantitative estimate of drug-likeness (QED) is 0.441. The van der Waals surface area contributed by atoms with Gasteiger partial charge in [-0.05, 0) is 86.1 Å². The van der Waals surface area contributed by atoms with Gasteiger partial charge in [0.05, 0.1) is 13.2 Å². The van der Waals surface area contributed by atoms with Crippen molar-refractivity contribution in [1.29, 1.82) is 0 Å². The van der Waals surface area contributed by atoms with Crippen LogP contribution in [0, 0.1) is 23.7 Å². The number of ether oxygens (including phenoxy) is 2. The number of hydrogen-bond acceptors (Lipinski definition) is 4. The second kappa shape index (κ2) is 12.4. The Hall–Kier alpha value is -3.02. The number of carbonyl (C=O) groups is 2. The Morgan fingerprint density at radius 3 is 1.29 bits per heavy atom. The minimum Gasteiger partial charge on any atom is -0.493 e. The lowest BCUT2D eigenvalue weighted by Gasteiger charge is -2.27. The van der Waals surface area contributed by atoms with Gasteiger partial charge in [-0.2, -0.15) is 0 Å². The SMILES string of the molecule is CC(C)COc1ccc(NC(=O)C2CCC(C(=O)Nc3ccc(OCC(C)C)cc3)CC2)cc1. The fourth-order valence-electron chi connectivity index (χ4n) is 3.90. The van der Waals surface area contributed by atoms with Crippen LogP contribution in [0.1, 0.15) is 53.4 Å². The summed E-state index contributed by atoms with van der Waals surface area (Å²) in [4.78, 5) is 25.4. The van der Waals surface area contributed by atoms with Gasteiger partial charge in [-0.3, -0.25) is 9.59 Å². The topological polar surface area (TPSA) is 76.7 Å². The van der Waals surface area contributed by atoms with Crippen LogP contribution in [0.4, 0.5) is 11.4 Å². The highest BCUT2D eigenvalue weighted by molar-refractivity contribution is 5.94. The molecule has 1 aliphatic carbocycles. The molecule has 34 heavy (non-hydrogen) atoms. The summed E-state index contributed by atoms with van der Waals surface area (Å²) >= 11 is 0. The summed E-state index contributed by atoms with van der Waals surface area (Å²) in [5.74, 6) is 2.43. The average Bonchev–Trinajstić information content (AvgIpc) is 2.83. The van der Waals surface area contributed by atoms with Crippen LogP contribution < -0.4 is 20.1 Å². The molecule has 6 nitrogen and oxygen atoms in total. The van der Waals surface area contributed by atoms with Gasteiger partial charge in [0.25, 0.3) is 0 Å². The molecule has 0 radical (unpaired) electrons. The van der Waals surface area contributed by atoms with E-state index in [1.165, 1.54) is 0 Å². The van der Waals surface area contributed by atoms with E-state index < -0.39 is 0 Å². The minimum atomic E-state index is -0.0710. The zero-order valence-electron chi connectivity index (χ0n) is 20.8. The van der Waals surface area contributed by atoms with Crippen LogP contribution in [0.25, 0.3) is 0 Å². The fraction of sp³-hybridized carbons (Fsp3) is 0.500. The van der Waals surface area contributed by atoms with Crippen LogP contribution in [-0.4, -0.2) is 25.0 Å². The van der Waals surface area contributed by atoms with E-state index in [0.29, 0.717) is 50.7 Å². The molecular formula is C28H38N2O4. The molecule has 2 aromatic carbocycles. The van der Waals surface area contributed by atoms with Gasteiger partial charge in [0.15, 0.2) is 0 Å². The van der Waals surface area contributed by atoms with Crippen molar-refractivity contribution in [2.75, 3.05) is 23.8 Å². The third-order valence-electron chi connectivity index (χ3n) is 5.88. The highest BCUT2D eigenvalue weighted by Crippen LogP contribution is 2.31. The van der Waals surface area contributed by atoms with E-state index in [1.807, 2.05) is 48.5 Å². The molecule has 0 saturated heterocycles. The second-order valence-corrected chi connectivity index (χ2v) is 9.99. The number of carbonyl (C=O) groups excluding carboxylic acids is 2. The summed E-state index contributed by atoms with van der Waals surface area (Å²) < 4.78 is 11.4. The van der Waals surface area contributed by atoms with Crippen LogP contribution in [0.5, 0.6) is 11.5 Å². The molecule has 0 aliphatic heterocycles. The van der Waals surface area contributed by atoms with Crippen molar-refractivity contribution in [3.05, 3.63) is 48.5 Å². The first-order chi connectivity index (χ1) is 16.3. The van der Waals surface area contributed by atoms with Gasteiger partial charge in [0, 0.05) is 23.2 Å². The predicted octanol–water partition coefficient (Wildman–Crippen LogP) is 6.14. The van der Waals surface area contributed by atoms with Crippen molar-refractivity contribution in [3.63, 3.8) is 0 Å². The van der Waals surface area contributed by atoms with Crippen molar-refractivity contribution in [3.8, 4) is 11.5 Å². The van der Waals surface area contributed by atoms with Gasteiger partial charge >= 0.3 is 0 Å². The molecule has 1 saturated carbocycles. The number of anilines is 2. The largest absolute Gasteiger partial charge is 0.493 e. The lowest BCUT2D eigenvalue weighted by Crippen LogP contribution is -2.32. The lowest BCUT2D eigenvalue weighted by atomic mass is 9.81. The molecule has 0 heterocycles. The van der Waals surface area contributed by atoms with E-state index in [9.17, 15) is 9.59 Å². The molecule has 2 amide bonds. The van der Waals surface area contributed by atoms with E-state index >= 15 is 0 Å². The lowest BCUT2D eigenvalue weighted by molar-refractivity contribution is -0.125. The summed E-state index contributed by atoms with van der Waals surface area (Å²) in [5.41, 5.74) is 1.53. The van der Waals surface area contributed by atoms with Crippen molar-refractivity contribution in [1.82, 2.24) is 0 Å². The van der Waals surface area contributed by atoms with E-state index in [1.54, 1.807) is 0 Å². The number of amides is 2. The maximum Gasteiger partial charge on any atom is 0.227 e. The summed E-state index contributed by atoms with van der Waals surface area (Å²) in [5, 5.41) is 6.01. The van der Waals surface area contributed by atoms with Gasteiger partial charge < -0.3 is 20.1 Å². The Labute approximate surface area is 203 Å². The van der Waals surface area contributed by atoms with Crippen molar-refractivity contribution >= 4 is 23.2 Å². The normalized spacial score (nSPS) is 17.9. The molecule has 6 heteroatoms. The summed E-state index contributed by atoms with van der Waals surface area (Å²) in [6, 6.07) is 15.0. The van der Waals surface area contributed by atoms with Crippen LogP contribution >= 0.6 is 0 Å². The van der Waals surface area contributed by atoms with E-state index in [2.05, 4.69) is 38.3 Å². The number of nitrogens with one attached hydrogen (secondary N) is 2. The molecular weight excluding hydrogens is 428 g/mol. The maximum absolute atomic E-state index is 12.7. The first kappa shape index (κ1) is 25.6. The Morgan fingerprint density at radius 1 is 0.676 bits per heavy atom. The molecule has 0 bridgehead atoms. The standard InChI is InChI=1S/C28H38N2O4/c1-19(2)17-33-25-13-9-23(10-14-25)29-27(31)21-5-7-22(8-6-21)28(32)30-24-11-15-26(16-12-24)34-18-20(3)4/h9-16,19-22H,5-8,17-18H2,1-4H3,(H,29,31)(H,30,32). The van der Waals surface area contributed by atoms with Crippen LogP contribution in [0.15, 0.2) is 48.5 Å². The van der Waals surface area contributed by atoms with Crippen molar-refractivity contribution in [2.24, 2.45) is 23.7 Å². The van der Waals surface area contributed by atoms with Crippen LogP contribution in [0.3, 0.4) is 0 Å². The molecule has 0 spiro atoms. The minimum absolute atomic E-state index is 0.0201. The van der Waals surface area contributed by atoms with E-state index in [4.69, 9.17) is 9.47 Å². The predicted molar refractivity (Wildman–Crippen MR) is 136 cm³/mol. The van der Waals surface area contributed by atoms with Crippen LogP contribution in [0.2, 0.25) is 0 Å². The fourth-order valence-corrected chi connectivity index (χ4v) is 3.90. The monoisotopic (exact) mass is 466 g/mol. The molecule has 1 aliphatic rings. The van der Waals surface area contributed by atoms with Gasteiger partial charge in [0.2, 0.25) is 11.8 Å². The highest BCUT2D eigenvalue weighted by Gasteiger charge is 2.30. The third-order valence-corrected chi connectivity index (χ3v) is 5.88. The Kier molecular flexibility index (Phi) is 9.37. The molecule has 0 atom stereocenters. The number of rotatable bonds is 10. The van der Waals surface area contributed by atoms with Crippen molar-refractivity contribution < 1.29 is 19.1 Å². The van der Waals surface area contributed by atoms with Gasteiger partial charge in [-0.15, -0.1) is 0 Å².